The molecule has 1 aliphatic rings. The van der Waals surface area contributed by atoms with Crippen LogP contribution in [-0.4, -0.2) is 21.3 Å². The van der Waals surface area contributed by atoms with E-state index in [9.17, 15) is 0 Å². The molecule has 0 spiro atoms. The zero-order chi connectivity index (χ0) is 8.72. The highest BCUT2D eigenvalue weighted by Gasteiger charge is 2.23. The summed E-state index contributed by atoms with van der Waals surface area (Å²) in [6.45, 7) is 4.16. The highest BCUT2D eigenvalue weighted by molar-refractivity contribution is 9.10. The maximum Gasteiger partial charge on any atom is 0.0738 e. The number of hydrogen-bond donors (Lipinski definition) is 0. The van der Waals surface area contributed by atoms with Crippen LogP contribution in [0.15, 0.2) is 4.47 Å². The van der Waals surface area contributed by atoms with E-state index in [0.29, 0.717) is 6.04 Å². The van der Waals surface area contributed by atoms with Gasteiger partial charge in [-0.15, -0.1) is 0 Å². The van der Waals surface area contributed by atoms with Crippen LogP contribution in [0.3, 0.4) is 0 Å². The van der Waals surface area contributed by atoms with Crippen molar-refractivity contribution in [3.8, 4) is 0 Å². The molecule has 0 aromatic carbocycles. The minimum atomic E-state index is 0.639. The summed E-state index contributed by atoms with van der Waals surface area (Å²) in [5, 5.41) is 4.49. The Labute approximate surface area is 84.8 Å². The van der Waals surface area contributed by atoms with Gasteiger partial charge >= 0.3 is 0 Å². The Morgan fingerprint density at radius 3 is 2.50 bits per heavy atom. The van der Waals surface area contributed by atoms with Crippen LogP contribution < -0.4 is 0 Å². The molecule has 1 aromatic heterocycles. The Bertz CT molecular complexity index is 304. The molecule has 0 N–H and O–H groups in total. The van der Waals surface area contributed by atoms with Crippen LogP contribution in [0.25, 0.3) is 0 Å². The monoisotopic (exact) mass is 246 g/mol. The molecular weight excluding hydrogens is 236 g/mol. The first kappa shape index (κ1) is 8.63. The van der Waals surface area contributed by atoms with Crippen LogP contribution in [-0.2, 0) is 0 Å². The van der Waals surface area contributed by atoms with Crippen molar-refractivity contribution in [2.75, 3.05) is 11.5 Å². The summed E-state index contributed by atoms with van der Waals surface area (Å²) in [6, 6.07) is 0.639. The second-order valence-electron chi connectivity index (χ2n) is 3.12. The maximum absolute atomic E-state index is 4.49. The lowest BCUT2D eigenvalue weighted by Crippen LogP contribution is -2.24. The number of rotatable bonds is 1. The molecule has 0 aliphatic carbocycles. The second-order valence-corrected chi connectivity index (χ2v) is 4.99. The zero-order valence-electron chi connectivity index (χ0n) is 7.17. The lowest BCUT2D eigenvalue weighted by molar-refractivity contribution is 0.511. The minimum Gasteiger partial charge on any atom is -0.264 e. The molecule has 4 heteroatoms. The Hall–Kier alpha value is 0.0400. The number of hydrogen-bond acceptors (Lipinski definition) is 2. The van der Waals surface area contributed by atoms with Gasteiger partial charge in [-0.2, -0.15) is 16.9 Å². The van der Waals surface area contributed by atoms with Gasteiger partial charge in [-0.05, 0) is 29.8 Å². The Balaban J connectivity index is 2.36. The summed E-state index contributed by atoms with van der Waals surface area (Å²) in [6.07, 6.45) is 0. The van der Waals surface area contributed by atoms with Crippen molar-refractivity contribution in [3.63, 3.8) is 0 Å². The number of nitrogens with zero attached hydrogens (tertiary/aromatic N) is 2. The van der Waals surface area contributed by atoms with E-state index >= 15 is 0 Å². The first-order chi connectivity index (χ1) is 5.70. The standard InChI is InChI=1S/C8H11BrN2S/c1-5-8(9)6(2)11(10-5)7-3-12-4-7/h7H,3-4H2,1-2H3. The van der Waals surface area contributed by atoms with E-state index in [2.05, 4.69) is 32.6 Å². The van der Waals surface area contributed by atoms with E-state index in [4.69, 9.17) is 0 Å². The van der Waals surface area contributed by atoms with Gasteiger partial charge in [-0.3, -0.25) is 4.68 Å². The smallest absolute Gasteiger partial charge is 0.0738 e. The Kier molecular flexibility index (Phi) is 2.21. The van der Waals surface area contributed by atoms with Crippen molar-refractivity contribution in [1.29, 1.82) is 0 Å². The highest BCUT2D eigenvalue weighted by Crippen LogP contribution is 2.32. The van der Waals surface area contributed by atoms with Gasteiger partial charge in [0.25, 0.3) is 0 Å². The molecule has 1 aromatic rings. The van der Waals surface area contributed by atoms with Gasteiger partial charge in [0.05, 0.1) is 21.9 Å². The van der Waals surface area contributed by atoms with Crippen molar-refractivity contribution >= 4 is 27.7 Å². The number of aryl methyl sites for hydroxylation is 1. The molecule has 1 fully saturated rings. The number of halogens is 1. The van der Waals surface area contributed by atoms with Crippen LogP contribution >= 0.6 is 27.7 Å². The average molecular weight is 247 g/mol. The van der Waals surface area contributed by atoms with E-state index in [1.165, 1.54) is 21.7 Å². The lowest BCUT2D eigenvalue weighted by atomic mass is 10.3. The van der Waals surface area contributed by atoms with Crippen LogP contribution in [0.1, 0.15) is 17.4 Å². The first-order valence-corrected chi connectivity index (χ1v) is 5.94. The van der Waals surface area contributed by atoms with Gasteiger partial charge < -0.3 is 0 Å². The molecule has 0 atom stereocenters. The van der Waals surface area contributed by atoms with Gasteiger partial charge in [0.15, 0.2) is 0 Å². The van der Waals surface area contributed by atoms with E-state index < -0.39 is 0 Å². The third-order valence-electron chi connectivity index (χ3n) is 2.20. The molecule has 0 unspecified atom stereocenters. The second kappa shape index (κ2) is 3.07. The van der Waals surface area contributed by atoms with Gasteiger partial charge in [0.2, 0.25) is 0 Å². The lowest BCUT2D eigenvalue weighted by Gasteiger charge is -2.26. The van der Waals surface area contributed by atoms with Crippen molar-refractivity contribution in [2.45, 2.75) is 19.9 Å². The summed E-state index contributed by atoms with van der Waals surface area (Å²) in [4.78, 5) is 0. The predicted molar refractivity (Wildman–Crippen MR) is 55.8 cm³/mol. The summed E-state index contributed by atoms with van der Waals surface area (Å²) in [5.74, 6) is 2.43. The van der Waals surface area contributed by atoms with Crippen LogP contribution in [0.2, 0.25) is 0 Å². The fraction of sp³-hybridized carbons (Fsp3) is 0.625. The molecule has 0 saturated carbocycles. The van der Waals surface area contributed by atoms with Crippen LogP contribution in [0.4, 0.5) is 0 Å². The van der Waals surface area contributed by atoms with Crippen molar-refractivity contribution in [1.82, 2.24) is 9.78 Å². The molecule has 0 bridgehead atoms. The minimum absolute atomic E-state index is 0.639. The molecule has 2 heterocycles. The molecular formula is C8H11BrN2S. The molecule has 1 saturated heterocycles. The number of thioether (sulfide) groups is 1. The molecule has 0 amide bonds. The van der Waals surface area contributed by atoms with Crippen LogP contribution in [0.5, 0.6) is 0 Å². The molecule has 2 nitrogen and oxygen atoms in total. The summed E-state index contributed by atoms with van der Waals surface area (Å²) in [5.41, 5.74) is 2.36. The summed E-state index contributed by atoms with van der Waals surface area (Å²) >= 11 is 5.52. The van der Waals surface area contributed by atoms with Gasteiger partial charge in [-0.1, -0.05) is 0 Å². The Morgan fingerprint density at radius 2 is 2.17 bits per heavy atom. The quantitative estimate of drug-likeness (QED) is 0.759. The third kappa shape index (κ3) is 1.21. The predicted octanol–water partition coefficient (Wildman–Crippen LogP) is 2.55. The van der Waals surface area contributed by atoms with Crippen molar-refractivity contribution in [2.24, 2.45) is 0 Å². The van der Waals surface area contributed by atoms with Gasteiger partial charge in [0, 0.05) is 11.5 Å². The largest absolute Gasteiger partial charge is 0.264 e. The molecule has 2 rings (SSSR count). The van der Waals surface area contributed by atoms with E-state index in [1.54, 1.807) is 0 Å². The SMILES string of the molecule is Cc1nn(C2CSC2)c(C)c1Br. The average Bonchev–Trinajstić information content (AvgIpc) is 2.15. The topological polar surface area (TPSA) is 17.8 Å². The molecule has 12 heavy (non-hydrogen) atoms. The van der Waals surface area contributed by atoms with E-state index in [1.807, 2.05) is 18.7 Å². The zero-order valence-corrected chi connectivity index (χ0v) is 9.57. The third-order valence-corrected chi connectivity index (χ3v) is 4.59. The summed E-state index contributed by atoms with van der Waals surface area (Å²) in [7, 11) is 0. The molecule has 1 aliphatic heterocycles. The summed E-state index contributed by atoms with van der Waals surface area (Å²) < 4.78 is 3.31. The fourth-order valence-electron chi connectivity index (χ4n) is 1.36. The normalized spacial score (nSPS) is 17.9. The number of aromatic nitrogens is 2. The van der Waals surface area contributed by atoms with E-state index in [0.717, 1.165) is 5.69 Å². The molecule has 0 radical (unpaired) electrons. The van der Waals surface area contributed by atoms with Gasteiger partial charge in [0.1, 0.15) is 0 Å². The maximum atomic E-state index is 4.49. The highest BCUT2D eigenvalue weighted by atomic mass is 79.9. The molecule has 66 valence electrons. The van der Waals surface area contributed by atoms with Crippen molar-refractivity contribution in [3.05, 3.63) is 15.9 Å². The fourth-order valence-corrected chi connectivity index (χ4v) is 2.35. The first-order valence-electron chi connectivity index (χ1n) is 3.99. The van der Waals surface area contributed by atoms with Crippen molar-refractivity contribution < 1.29 is 0 Å². The van der Waals surface area contributed by atoms with E-state index in [-0.39, 0.29) is 0 Å². The van der Waals surface area contributed by atoms with Gasteiger partial charge in [-0.25, -0.2) is 0 Å². The Morgan fingerprint density at radius 1 is 1.50 bits per heavy atom. The van der Waals surface area contributed by atoms with Crippen LogP contribution in [0, 0.1) is 13.8 Å².